The second-order valence-corrected chi connectivity index (χ2v) is 4.03. The zero-order valence-electron chi connectivity index (χ0n) is 7.37. The van der Waals surface area contributed by atoms with Crippen molar-refractivity contribution >= 4 is 68.3 Å². The first kappa shape index (κ1) is 15.2. The van der Waals surface area contributed by atoms with E-state index in [1.807, 2.05) is 6.92 Å². The molecule has 3 nitrogen and oxygen atoms in total. The number of hydrogen-bond donors (Lipinski definition) is 1. The summed E-state index contributed by atoms with van der Waals surface area (Å²) in [6.07, 6.45) is 1.83. The van der Waals surface area contributed by atoms with E-state index < -0.39 is 15.4 Å². The molecule has 0 saturated carbocycles. The largest absolute Gasteiger partial charge is 0.285 e. The monoisotopic (exact) mass is 251 g/mol. The Bertz CT molecular complexity index is 176. The van der Waals surface area contributed by atoms with E-state index in [1.165, 1.54) is 0 Å². The van der Waals surface area contributed by atoms with E-state index >= 15 is 0 Å². The van der Waals surface area contributed by atoms with Crippen LogP contribution in [0.4, 0.5) is 0 Å². The third kappa shape index (κ3) is 6.84. The van der Waals surface area contributed by atoms with Crippen LogP contribution in [0.3, 0.4) is 0 Å². The van der Waals surface area contributed by atoms with E-state index in [0.29, 0.717) is 12.8 Å². The van der Waals surface area contributed by atoms with Gasteiger partial charge < -0.3 is 0 Å². The maximum Gasteiger partial charge on any atom is 0.267 e. The van der Waals surface area contributed by atoms with Crippen LogP contribution < -0.4 is 0 Å². The molecule has 5 heteroatoms. The Morgan fingerprint density at radius 3 is 1.91 bits per heavy atom. The molecule has 0 aromatic rings. The van der Waals surface area contributed by atoms with Crippen molar-refractivity contribution in [1.82, 2.24) is 0 Å². The van der Waals surface area contributed by atoms with Crippen LogP contribution in [0.5, 0.6) is 0 Å². The molecular formula is C6H14O3RbS. The minimum atomic E-state index is -3.78. The Balaban J connectivity index is 0. The first-order valence-corrected chi connectivity index (χ1v) is 4.99. The van der Waals surface area contributed by atoms with E-state index in [2.05, 4.69) is 0 Å². The summed E-state index contributed by atoms with van der Waals surface area (Å²) in [6, 6.07) is 0. The van der Waals surface area contributed by atoms with Gasteiger partial charge in [-0.1, -0.05) is 20.3 Å². The standard InChI is InChI=1S/C6H14O3S.Rb/c1-3-5-6(4-2)10(7,8)9;/h6H,3-5H2,1-2H3,(H,7,8,9);. The molecule has 0 amide bonds. The molecule has 0 bridgehead atoms. The molecule has 0 heterocycles. The van der Waals surface area contributed by atoms with Crippen LogP contribution in [0, 0.1) is 0 Å². The van der Waals surface area contributed by atoms with Gasteiger partial charge in [0, 0.05) is 58.2 Å². The number of rotatable bonds is 4. The molecule has 0 saturated heterocycles. The van der Waals surface area contributed by atoms with Crippen LogP contribution in [0.15, 0.2) is 0 Å². The van der Waals surface area contributed by atoms with Crippen LogP contribution in [0.1, 0.15) is 33.1 Å². The van der Waals surface area contributed by atoms with Gasteiger partial charge >= 0.3 is 0 Å². The second-order valence-electron chi connectivity index (χ2n) is 2.33. The third-order valence-electron chi connectivity index (χ3n) is 1.49. The second kappa shape index (κ2) is 7.15. The summed E-state index contributed by atoms with van der Waals surface area (Å²) < 4.78 is 29.6. The minimum Gasteiger partial charge on any atom is -0.285 e. The molecule has 1 radical (unpaired) electrons. The van der Waals surface area contributed by atoms with Gasteiger partial charge in [-0.05, 0) is 12.8 Å². The minimum absolute atomic E-state index is 0. The van der Waals surface area contributed by atoms with Crippen molar-refractivity contribution in [1.29, 1.82) is 0 Å². The average molecular weight is 252 g/mol. The van der Waals surface area contributed by atoms with Gasteiger partial charge in [-0.25, -0.2) is 0 Å². The Morgan fingerprint density at radius 2 is 1.82 bits per heavy atom. The fraction of sp³-hybridized carbons (Fsp3) is 1.00. The Hall–Kier alpha value is 1.72. The third-order valence-corrected chi connectivity index (χ3v) is 2.90. The molecule has 0 fully saturated rings. The molecule has 0 aliphatic carbocycles. The fourth-order valence-corrected chi connectivity index (χ4v) is 1.84. The van der Waals surface area contributed by atoms with E-state index in [0.717, 1.165) is 6.42 Å². The fourth-order valence-electron chi connectivity index (χ4n) is 0.886. The molecule has 1 unspecified atom stereocenters. The van der Waals surface area contributed by atoms with E-state index in [1.54, 1.807) is 6.92 Å². The van der Waals surface area contributed by atoms with Gasteiger partial charge in [-0.3, -0.25) is 4.55 Å². The van der Waals surface area contributed by atoms with Crippen molar-refractivity contribution in [3.63, 3.8) is 0 Å². The van der Waals surface area contributed by atoms with Crippen molar-refractivity contribution in [2.45, 2.75) is 38.4 Å². The maximum atomic E-state index is 10.5. The van der Waals surface area contributed by atoms with E-state index in [9.17, 15) is 8.42 Å². The zero-order chi connectivity index (χ0) is 8.20. The summed E-state index contributed by atoms with van der Waals surface area (Å²) in [5.74, 6) is 0. The quantitative estimate of drug-likeness (QED) is 0.761. The van der Waals surface area contributed by atoms with Gasteiger partial charge in [0.05, 0.1) is 5.25 Å². The van der Waals surface area contributed by atoms with E-state index in [4.69, 9.17) is 4.55 Å². The predicted molar refractivity (Wildman–Crippen MR) is 46.3 cm³/mol. The van der Waals surface area contributed by atoms with Gasteiger partial charge in [0.25, 0.3) is 10.1 Å². The number of hydrogen-bond acceptors (Lipinski definition) is 2. The Morgan fingerprint density at radius 1 is 1.36 bits per heavy atom. The van der Waals surface area contributed by atoms with Gasteiger partial charge in [0.15, 0.2) is 0 Å². The summed E-state index contributed by atoms with van der Waals surface area (Å²) in [6.45, 7) is 3.65. The van der Waals surface area contributed by atoms with Crippen LogP contribution in [-0.2, 0) is 10.1 Å². The van der Waals surface area contributed by atoms with Crippen molar-refractivity contribution in [2.75, 3.05) is 0 Å². The predicted octanol–water partition coefficient (Wildman–Crippen LogP) is 1.07. The van der Waals surface area contributed by atoms with Gasteiger partial charge in [-0.15, -0.1) is 0 Å². The summed E-state index contributed by atoms with van der Waals surface area (Å²) >= 11 is 0. The first-order chi connectivity index (χ1) is 4.52. The van der Waals surface area contributed by atoms with Gasteiger partial charge in [0.1, 0.15) is 0 Å². The molecular weight excluding hydrogens is 238 g/mol. The molecule has 0 aromatic carbocycles. The maximum absolute atomic E-state index is 10.5. The molecule has 1 atom stereocenters. The topological polar surface area (TPSA) is 54.4 Å². The van der Waals surface area contributed by atoms with Crippen LogP contribution >= 0.6 is 0 Å². The Kier molecular flexibility index (Phi) is 9.88. The molecule has 63 valence electrons. The van der Waals surface area contributed by atoms with Gasteiger partial charge in [0.2, 0.25) is 0 Å². The average Bonchev–Trinajstić information content (AvgIpc) is 1.80. The molecule has 0 spiro atoms. The van der Waals surface area contributed by atoms with Crippen molar-refractivity contribution in [3.8, 4) is 0 Å². The van der Waals surface area contributed by atoms with Crippen LogP contribution in [0.25, 0.3) is 0 Å². The molecule has 11 heavy (non-hydrogen) atoms. The van der Waals surface area contributed by atoms with Crippen LogP contribution in [-0.4, -0.2) is 76.4 Å². The van der Waals surface area contributed by atoms with Gasteiger partial charge in [-0.2, -0.15) is 8.42 Å². The SMILES string of the molecule is CCCC(CC)S(=O)(=O)O.[Rb]. The molecule has 0 rings (SSSR count). The molecule has 0 aliphatic heterocycles. The molecule has 0 aromatic heterocycles. The van der Waals surface area contributed by atoms with Crippen molar-refractivity contribution < 1.29 is 13.0 Å². The molecule has 1 N–H and O–H groups in total. The smallest absolute Gasteiger partial charge is 0.267 e. The summed E-state index contributed by atoms with van der Waals surface area (Å²) in [5, 5.41) is -0.558. The summed E-state index contributed by atoms with van der Waals surface area (Å²) in [7, 11) is -3.78. The normalized spacial score (nSPS) is 13.7. The Labute approximate surface area is 117 Å². The van der Waals surface area contributed by atoms with Crippen LogP contribution in [0.2, 0.25) is 0 Å². The zero-order valence-corrected chi connectivity index (χ0v) is 13.1. The molecule has 0 aliphatic rings. The van der Waals surface area contributed by atoms with E-state index in [-0.39, 0.29) is 58.2 Å². The van der Waals surface area contributed by atoms with Crippen molar-refractivity contribution in [3.05, 3.63) is 0 Å². The first-order valence-electron chi connectivity index (χ1n) is 3.48. The summed E-state index contributed by atoms with van der Waals surface area (Å²) in [5.41, 5.74) is 0. The van der Waals surface area contributed by atoms with Crippen molar-refractivity contribution in [2.24, 2.45) is 0 Å². The summed E-state index contributed by atoms with van der Waals surface area (Å²) in [4.78, 5) is 0.